The topological polar surface area (TPSA) is 45.7 Å². The summed E-state index contributed by atoms with van der Waals surface area (Å²) in [5.74, 6) is 2.44. The second kappa shape index (κ2) is 10.1. The highest BCUT2D eigenvalue weighted by Gasteiger charge is 2.04. The number of benzene rings is 1. The Labute approximate surface area is 129 Å². The molecule has 2 N–H and O–H groups in total. The van der Waals surface area contributed by atoms with Gasteiger partial charge in [-0.1, -0.05) is 32.0 Å². The summed E-state index contributed by atoms with van der Waals surface area (Å²) in [4.78, 5) is 4.59. The molecule has 0 atom stereocenters. The minimum Gasteiger partial charge on any atom is -0.493 e. The number of rotatable bonds is 8. The fourth-order valence-corrected chi connectivity index (χ4v) is 1.85. The van der Waals surface area contributed by atoms with Gasteiger partial charge < -0.3 is 15.4 Å². The van der Waals surface area contributed by atoms with Crippen molar-refractivity contribution in [3.05, 3.63) is 29.8 Å². The fraction of sp³-hybridized carbons (Fsp3) is 0.588. The van der Waals surface area contributed by atoms with Gasteiger partial charge in [-0.25, -0.2) is 4.99 Å². The van der Waals surface area contributed by atoms with Gasteiger partial charge in [0.15, 0.2) is 5.96 Å². The molecule has 0 aromatic heterocycles. The first-order chi connectivity index (χ1) is 10.2. The van der Waals surface area contributed by atoms with Gasteiger partial charge >= 0.3 is 0 Å². The van der Waals surface area contributed by atoms with Crippen LogP contribution in [0.1, 0.15) is 39.7 Å². The second-order valence-corrected chi connectivity index (χ2v) is 5.36. The Kier molecular flexibility index (Phi) is 8.32. The van der Waals surface area contributed by atoms with Crippen LogP contribution in [0.15, 0.2) is 29.3 Å². The summed E-state index contributed by atoms with van der Waals surface area (Å²) in [5, 5.41) is 6.46. The molecule has 1 aromatic carbocycles. The van der Waals surface area contributed by atoms with Crippen molar-refractivity contribution in [1.29, 1.82) is 0 Å². The lowest BCUT2D eigenvalue weighted by atomic mass is 10.1. The highest BCUT2D eigenvalue weighted by Crippen LogP contribution is 2.19. The zero-order valence-electron chi connectivity index (χ0n) is 13.8. The van der Waals surface area contributed by atoms with Crippen LogP contribution in [0.4, 0.5) is 0 Å². The maximum Gasteiger partial charge on any atom is 0.191 e. The van der Waals surface area contributed by atoms with Gasteiger partial charge in [-0.05, 0) is 32.3 Å². The fourth-order valence-electron chi connectivity index (χ4n) is 1.85. The molecule has 4 nitrogen and oxygen atoms in total. The van der Waals surface area contributed by atoms with E-state index >= 15 is 0 Å². The van der Waals surface area contributed by atoms with Crippen molar-refractivity contribution in [2.24, 2.45) is 10.9 Å². The molecule has 0 amide bonds. The van der Waals surface area contributed by atoms with Gasteiger partial charge in [0.2, 0.25) is 0 Å². The minimum absolute atomic E-state index is 0.618. The molecule has 0 aliphatic heterocycles. The minimum atomic E-state index is 0.618. The molecule has 0 saturated carbocycles. The second-order valence-electron chi connectivity index (χ2n) is 5.36. The molecule has 0 aliphatic carbocycles. The molecule has 4 heteroatoms. The first-order valence-electron chi connectivity index (χ1n) is 7.90. The predicted molar refractivity (Wildman–Crippen MR) is 89.9 cm³/mol. The van der Waals surface area contributed by atoms with Gasteiger partial charge in [0, 0.05) is 18.7 Å². The normalized spacial score (nSPS) is 10.3. The lowest BCUT2D eigenvalue weighted by Gasteiger charge is -2.13. The van der Waals surface area contributed by atoms with Crippen molar-refractivity contribution >= 4 is 5.96 Å². The number of hydrogen-bond acceptors (Lipinski definition) is 2. The molecule has 0 fully saturated rings. The van der Waals surface area contributed by atoms with Gasteiger partial charge in [0.25, 0.3) is 0 Å². The Balaban J connectivity index is 2.66. The third kappa shape index (κ3) is 7.02. The molecule has 0 bridgehead atoms. The van der Waals surface area contributed by atoms with E-state index in [4.69, 9.17) is 4.74 Å². The molecule has 0 aliphatic rings. The van der Waals surface area contributed by atoms with Crippen LogP contribution in [0.3, 0.4) is 0 Å². The summed E-state index contributed by atoms with van der Waals surface area (Å²) in [6.07, 6.45) is 1.07. The summed E-state index contributed by atoms with van der Waals surface area (Å²) in [5.41, 5.74) is 1.12. The number of guanidine groups is 1. The van der Waals surface area contributed by atoms with Crippen LogP contribution in [0, 0.1) is 5.92 Å². The number of nitrogens with zero attached hydrogens (tertiary/aromatic N) is 1. The van der Waals surface area contributed by atoms with E-state index in [0.717, 1.165) is 43.4 Å². The van der Waals surface area contributed by atoms with E-state index in [0.29, 0.717) is 12.5 Å². The molecule has 0 radical (unpaired) electrons. The van der Waals surface area contributed by atoms with Crippen LogP contribution in [-0.2, 0) is 6.54 Å². The van der Waals surface area contributed by atoms with E-state index in [1.807, 2.05) is 18.2 Å². The third-order valence-electron chi connectivity index (χ3n) is 3.02. The van der Waals surface area contributed by atoms with Crippen molar-refractivity contribution in [3.63, 3.8) is 0 Å². The molecular formula is C17H29N3O. The predicted octanol–water partition coefficient (Wildman–Crippen LogP) is 3.19. The average Bonchev–Trinajstić information content (AvgIpc) is 2.46. The maximum absolute atomic E-state index is 5.89. The monoisotopic (exact) mass is 291 g/mol. The number of hydrogen-bond donors (Lipinski definition) is 2. The molecule has 0 spiro atoms. The summed E-state index contributed by atoms with van der Waals surface area (Å²) in [6.45, 7) is 11.6. The Morgan fingerprint density at radius 2 is 1.81 bits per heavy atom. The van der Waals surface area contributed by atoms with E-state index in [2.05, 4.69) is 49.4 Å². The van der Waals surface area contributed by atoms with Crippen LogP contribution in [0.2, 0.25) is 0 Å². The SMILES string of the molecule is CCNC(=NCc1ccccc1OCCC(C)C)NCC. The molecule has 0 heterocycles. The molecule has 0 unspecified atom stereocenters. The molecule has 0 saturated heterocycles. The third-order valence-corrected chi connectivity index (χ3v) is 3.02. The van der Waals surface area contributed by atoms with E-state index in [1.54, 1.807) is 0 Å². The Morgan fingerprint density at radius 1 is 1.14 bits per heavy atom. The molecule has 21 heavy (non-hydrogen) atoms. The Bertz CT molecular complexity index is 422. The van der Waals surface area contributed by atoms with E-state index in [9.17, 15) is 0 Å². The van der Waals surface area contributed by atoms with Crippen LogP contribution in [0.5, 0.6) is 5.75 Å². The average molecular weight is 291 g/mol. The van der Waals surface area contributed by atoms with Gasteiger partial charge in [-0.15, -0.1) is 0 Å². The maximum atomic E-state index is 5.89. The van der Waals surface area contributed by atoms with E-state index in [-0.39, 0.29) is 0 Å². The summed E-state index contributed by atoms with van der Waals surface area (Å²) < 4.78 is 5.89. The molecule has 1 rings (SSSR count). The van der Waals surface area contributed by atoms with Crippen LogP contribution < -0.4 is 15.4 Å². The quantitative estimate of drug-likeness (QED) is 0.571. The summed E-state index contributed by atoms with van der Waals surface area (Å²) in [7, 11) is 0. The zero-order chi connectivity index (χ0) is 15.5. The van der Waals surface area contributed by atoms with Crippen molar-refractivity contribution in [2.45, 2.75) is 40.7 Å². The van der Waals surface area contributed by atoms with Crippen LogP contribution in [-0.4, -0.2) is 25.7 Å². The van der Waals surface area contributed by atoms with E-state index < -0.39 is 0 Å². The lowest BCUT2D eigenvalue weighted by Crippen LogP contribution is -2.36. The smallest absolute Gasteiger partial charge is 0.191 e. The Hall–Kier alpha value is -1.71. The van der Waals surface area contributed by atoms with Gasteiger partial charge in [0.1, 0.15) is 5.75 Å². The van der Waals surface area contributed by atoms with Crippen molar-refractivity contribution < 1.29 is 4.74 Å². The van der Waals surface area contributed by atoms with Crippen molar-refractivity contribution in [1.82, 2.24) is 10.6 Å². The largest absolute Gasteiger partial charge is 0.493 e. The van der Waals surface area contributed by atoms with Crippen molar-refractivity contribution in [2.75, 3.05) is 19.7 Å². The van der Waals surface area contributed by atoms with E-state index in [1.165, 1.54) is 0 Å². The van der Waals surface area contributed by atoms with Gasteiger partial charge in [-0.2, -0.15) is 0 Å². The standard InChI is InChI=1S/C17H29N3O/c1-5-18-17(19-6-2)20-13-15-9-7-8-10-16(15)21-12-11-14(3)4/h7-10,14H,5-6,11-13H2,1-4H3,(H2,18,19,20). The zero-order valence-corrected chi connectivity index (χ0v) is 13.8. The molecular weight excluding hydrogens is 262 g/mol. The number of aliphatic imine (C=N–C) groups is 1. The molecule has 1 aromatic rings. The number of para-hydroxylation sites is 1. The summed E-state index contributed by atoms with van der Waals surface area (Å²) >= 11 is 0. The first kappa shape index (κ1) is 17.3. The number of nitrogens with one attached hydrogen (secondary N) is 2. The lowest BCUT2D eigenvalue weighted by molar-refractivity contribution is 0.287. The van der Waals surface area contributed by atoms with Gasteiger partial charge in [0.05, 0.1) is 13.2 Å². The van der Waals surface area contributed by atoms with Crippen molar-refractivity contribution in [3.8, 4) is 5.75 Å². The molecule has 118 valence electrons. The van der Waals surface area contributed by atoms with Crippen LogP contribution in [0.25, 0.3) is 0 Å². The highest BCUT2D eigenvalue weighted by atomic mass is 16.5. The highest BCUT2D eigenvalue weighted by molar-refractivity contribution is 5.79. The summed E-state index contributed by atoms with van der Waals surface area (Å²) in [6, 6.07) is 8.13. The van der Waals surface area contributed by atoms with Gasteiger partial charge in [-0.3, -0.25) is 0 Å². The van der Waals surface area contributed by atoms with Crippen LogP contribution >= 0.6 is 0 Å². The first-order valence-corrected chi connectivity index (χ1v) is 7.90. The Morgan fingerprint density at radius 3 is 2.43 bits per heavy atom. The number of ether oxygens (including phenoxy) is 1.